The first kappa shape index (κ1) is 26.3. The van der Waals surface area contributed by atoms with Gasteiger partial charge < -0.3 is 14.8 Å². The van der Waals surface area contributed by atoms with E-state index < -0.39 is 48.1 Å². The number of halogens is 3. The molecule has 3 rings (SSSR count). The van der Waals surface area contributed by atoms with Crippen molar-refractivity contribution in [2.45, 2.75) is 39.1 Å². The van der Waals surface area contributed by atoms with Crippen molar-refractivity contribution >= 4 is 29.4 Å². The minimum atomic E-state index is -5.32. The van der Waals surface area contributed by atoms with Gasteiger partial charge in [-0.2, -0.15) is 13.2 Å². The average molecular weight is 503 g/mol. The summed E-state index contributed by atoms with van der Waals surface area (Å²) in [4.78, 5) is 62.0. The van der Waals surface area contributed by atoms with Gasteiger partial charge in [0.1, 0.15) is 18.4 Å². The van der Waals surface area contributed by atoms with Crippen LogP contribution in [0.5, 0.6) is 5.75 Å². The van der Waals surface area contributed by atoms with Gasteiger partial charge in [0.05, 0.1) is 5.56 Å². The molecule has 0 saturated carbocycles. The third-order valence-electron chi connectivity index (χ3n) is 5.30. The number of nitrogens with one attached hydrogen (secondary N) is 1. The smallest absolute Gasteiger partial charge is 0.459 e. The van der Waals surface area contributed by atoms with Crippen molar-refractivity contribution in [1.82, 2.24) is 5.32 Å². The van der Waals surface area contributed by atoms with Gasteiger partial charge in [0, 0.05) is 30.1 Å². The van der Waals surface area contributed by atoms with Crippen LogP contribution in [0.25, 0.3) is 0 Å². The molecule has 11 heteroatoms. The lowest BCUT2D eigenvalue weighted by molar-refractivity contribution is -0.176. The van der Waals surface area contributed by atoms with Crippen LogP contribution in [-0.2, 0) is 25.7 Å². The summed E-state index contributed by atoms with van der Waals surface area (Å²) in [5, 5.41) is 1.55. The number of amides is 1. The zero-order chi connectivity index (χ0) is 26.6. The van der Waals surface area contributed by atoms with E-state index >= 15 is 0 Å². The van der Waals surface area contributed by atoms with E-state index in [0.29, 0.717) is 5.56 Å². The third-order valence-corrected chi connectivity index (χ3v) is 5.30. The van der Waals surface area contributed by atoms with E-state index in [1.165, 1.54) is 25.1 Å². The second-order valence-electron chi connectivity index (χ2n) is 7.86. The van der Waals surface area contributed by atoms with Gasteiger partial charge in [0.2, 0.25) is 0 Å². The lowest BCUT2D eigenvalue weighted by Gasteiger charge is -2.24. The summed E-state index contributed by atoms with van der Waals surface area (Å²) < 4.78 is 48.9. The van der Waals surface area contributed by atoms with Crippen molar-refractivity contribution < 1.29 is 46.6 Å². The van der Waals surface area contributed by atoms with Gasteiger partial charge in [-0.3, -0.25) is 19.2 Å². The minimum Gasteiger partial charge on any atom is -0.459 e. The molecular weight excluding hydrogens is 483 g/mol. The Morgan fingerprint density at radius 1 is 0.972 bits per heavy atom. The predicted octanol–water partition coefficient (Wildman–Crippen LogP) is 3.49. The summed E-state index contributed by atoms with van der Waals surface area (Å²) in [6.45, 7) is 2.05. The van der Waals surface area contributed by atoms with Crippen molar-refractivity contribution in [3.8, 4) is 5.75 Å². The molecule has 0 bridgehead atoms. The fourth-order valence-corrected chi connectivity index (χ4v) is 3.57. The molecule has 1 N–H and O–H groups in total. The molecule has 0 fully saturated rings. The first-order valence-electron chi connectivity index (χ1n) is 10.6. The summed E-state index contributed by atoms with van der Waals surface area (Å²) in [5.74, 6) is -6.12. The zero-order valence-corrected chi connectivity index (χ0v) is 19.1. The molecule has 2 aromatic rings. The molecular formula is C25H20F3NO7. The minimum absolute atomic E-state index is 0.0671. The standard InChI is InChI=1S/C25H20F3NO7/c1-13-17(22(32)20-16(21(13)31)9-6-10-19(20)36-14(2)30)11-18(29-24(34)25(26,27)28)23(33)35-12-15-7-4-3-5-8-15/h3-10,18H,11-12H2,1-2H3,(H,29,34)/t18-/m0/s1. The molecule has 0 aromatic heterocycles. The molecule has 0 spiro atoms. The van der Waals surface area contributed by atoms with Gasteiger partial charge in [-0.25, -0.2) is 4.79 Å². The van der Waals surface area contributed by atoms with Crippen molar-refractivity contribution in [3.63, 3.8) is 0 Å². The SMILES string of the molecule is CC(=O)Oc1cccc2c1C(=O)C(C[C@H](NC(=O)C(F)(F)F)C(=O)OCc1ccccc1)=C(C)C2=O. The van der Waals surface area contributed by atoms with E-state index in [2.05, 4.69) is 0 Å². The molecule has 0 saturated heterocycles. The summed E-state index contributed by atoms with van der Waals surface area (Å²) in [6, 6.07) is 10.3. The molecule has 2 aromatic carbocycles. The van der Waals surface area contributed by atoms with Crippen LogP contribution in [-0.4, -0.2) is 41.6 Å². The number of ether oxygens (including phenoxy) is 2. The van der Waals surface area contributed by atoms with Crippen molar-refractivity contribution in [1.29, 1.82) is 0 Å². The Morgan fingerprint density at radius 3 is 2.25 bits per heavy atom. The number of alkyl halides is 3. The number of hydrogen-bond donors (Lipinski definition) is 1. The van der Waals surface area contributed by atoms with Crippen LogP contribution in [0.1, 0.15) is 46.5 Å². The van der Waals surface area contributed by atoms with Crippen molar-refractivity contribution in [2.24, 2.45) is 0 Å². The lowest BCUT2D eigenvalue weighted by atomic mass is 9.81. The van der Waals surface area contributed by atoms with Crippen LogP contribution in [0.2, 0.25) is 0 Å². The van der Waals surface area contributed by atoms with Gasteiger partial charge in [0.15, 0.2) is 11.6 Å². The Labute approximate surface area is 203 Å². The van der Waals surface area contributed by atoms with E-state index in [1.807, 2.05) is 0 Å². The Hall–Kier alpha value is -4.28. The first-order valence-corrected chi connectivity index (χ1v) is 10.6. The lowest BCUT2D eigenvalue weighted by Crippen LogP contribution is -2.48. The van der Waals surface area contributed by atoms with E-state index in [1.54, 1.807) is 35.6 Å². The van der Waals surface area contributed by atoms with Gasteiger partial charge >= 0.3 is 24.0 Å². The maximum atomic E-state index is 13.3. The van der Waals surface area contributed by atoms with Crippen LogP contribution in [0, 0.1) is 0 Å². The number of fused-ring (bicyclic) bond motifs is 1. The molecule has 1 aliphatic rings. The number of carbonyl (C=O) groups is 5. The molecule has 1 atom stereocenters. The van der Waals surface area contributed by atoms with Gasteiger partial charge in [-0.1, -0.05) is 42.5 Å². The molecule has 0 aliphatic heterocycles. The molecule has 0 unspecified atom stereocenters. The van der Waals surface area contributed by atoms with Crippen molar-refractivity contribution in [2.75, 3.05) is 0 Å². The number of esters is 2. The normalized spacial score (nSPS) is 14.1. The predicted molar refractivity (Wildman–Crippen MR) is 118 cm³/mol. The summed E-state index contributed by atoms with van der Waals surface area (Å²) in [7, 11) is 0. The van der Waals surface area contributed by atoms with E-state index in [4.69, 9.17) is 9.47 Å². The van der Waals surface area contributed by atoms with Gasteiger partial charge in [-0.05, 0) is 18.6 Å². The summed E-state index contributed by atoms with van der Waals surface area (Å²) in [6.07, 6.45) is -6.08. The van der Waals surface area contributed by atoms with E-state index in [0.717, 1.165) is 6.92 Å². The topological polar surface area (TPSA) is 116 Å². The number of hydrogen-bond acceptors (Lipinski definition) is 7. The molecule has 1 amide bonds. The van der Waals surface area contributed by atoms with Crippen molar-refractivity contribution in [3.05, 3.63) is 76.4 Å². The van der Waals surface area contributed by atoms with Gasteiger partial charge in [0.25, 0.3) is 0 Å². The first-order chi connectivity index (χ1) is 16.9. The third kappa shape index (κ3) is 5.85. The number of ketones is 2. The van der Waals surface area contributed by atoms with Crippen LogP contribution >= 0.6 is 0 Å². The molecule has 0 radical (unpaired) electrons. The molecule has 188 valence electrons. The van der Waals surface area contributed by atoms with Crippen LogP contribution < -0.4 is 10.1 Å². The number of Topliss-reactive ketones (excluding diaryl/α,β-unsaturated/α-hetero) is 2. The number of rotatable bonds is 7. The Kier molecular flexibility index (Phi) is 7.71. The van der Waals surface area contributed by atoms with Gasteiger partial charge in [-0.15, -0.1) is 0 Å². The molecule has 0 heterocycles. The fourth-order valence-electron chi connectivity index (χ4n) is 3.57. The maximum absolute atomic E-state index is 13.3. The Balaban J connectivity index is 1.94. The van der Waals surface area contributed by atoms with Crippen LogP contribution in [0.4, 0.5) is 13.2 Å². The molecule has 8 nitrogen and oxygen atoms in total. The quantitative estimate of drug-likeness (QED) is 0.454. The molecule has 1 aliphatic carbocycles. The monoisotopic (exact) mass is 503 g/mol. The highest BCUT2D eigenvalue weighted by Gasteiger charge is 2.42. The highest BCUT2D eigenvalue weighted by Crippen LogP contribution is 2.34. The number of allylic oxidation sites excluding steroid dienone is 1. The molecule has 36 heavy (non-hydrogen) atoms. The Morgan fingerprint density at radius 2 is 1.64 bits per heavy atom. The second kappa shape index (κ2) is 10.5. The number of benzene rings is 2. The second-order valence-corrected chi connectivity index (χ2v) is 7.86. The summed E-state index contributed by atoms with van der Waals surface area (Å²) in [5.41, 5.74) is -0.253. The van der Waals surface area contributed by atoms with Crippen LogP contribution in [0.15, 0.2) is 59.7 Å². The maximum Gasteiger partial charge on any atom is 0.471 e. The van der Waals surface area contributed by atoms with E-state index in [-0.39, 0.29) is 34.6 Å². The Bertz CT molecular complexity index is 1270. The fraction of sp³-hybridized carbons (Fsp3) is 0.240. The summed E-state index contributed by atoms with van der Waals surface area (Å²) >= 11 is 0. The number of carbonyl (C=O) groups excluding carboxylic acids is 5. The largest absolute Gasteiger partial charge is 0.471 e. The van der Waals surface area contributed by atoms with E-state index in [9.17, 15) is 37.1 Å². The zero-order valence-electron chi connectivity index (χ0n) is 19.1. The highest BCUT2D eigenvalue weighted by atomic mass is 19.4. The highest BCUT2D eigenvalue weighted by molar-refractivity contribution is 6.28. The average Bonchev–Trinajstić information content (AvgIpc) is 2.82. The van der Waals surface area contributed by atoms with Crippen LogP contribution in [0.3, 0.4) is 0 Å².